The highest BCUT2D eigenvalue weighted by Gasteiger charge is 2.30. The highest BCUT2D eigenvalue weighted by atomic mass is 19.4. The highest BCUT2D eigenvalue weighted by molar-refractivity contribution is 5.36. The Bertz CT molecular complexity index is 503. The Hall–Kier alpha value is -2.05. The van der Waals surface area contributed by atoms with E-state index in [4.69, 9.17) is 5.73 Å². The number of aromatic nitrogens is 3. The molecule has 0 aliphatic rings. The number of hydrogen-bond donors (Lipinski definition) is 1. The summed E-state index contributed by atoms with van der Waals surface area (Å²) in [6, 6.07) is 1.81. The topological polar surface area (TPSA) is 56.7 Å². The zero-order chi connectivity index (χ0) is 11.8. The number of hydrogen-bond acceptors (Lipinski definition) is 3. The normalized spacial score (nSPS) is 11.7. The predicted molar refractivity (Wildman–Crippen MR) is 50.8 cm³/mol. The molecule has 0 unspecified atom stereocenters. The molecule has 0 saturated carbocycles. The first-order valence-electron chi connectivity index (χ1n) is 4.30. The van der Waals surface area contributed by atoms with Crippen molar-refractivity contribution in [3.05, 3.63) is 36.3 Å². The molecule has 0 aromatic carbocycles. The molecule has 84 valence electrons. The fourth-order valence-electron chi connectivity index (χ4n) is 1.18. The molecule has 0 radical (unpaired) electrons. The number of nitrogens with two attached hydrogens (primary N) is 1. The summed E-state index contributed by atoms with van der Waals surface area (Å²) in [5, 5.41) is 3.77. The van der Waals surface area contributed by atoms with E-state index in [0.717, 1.165) is 18.3 Å². The number of nitrogen functional groups attached to an aromatic ring is 1. The Kier molecular flexibility index (Phi) is 2.30. The number of pyridine rings is 1. The average Bonchev–Trinajstić information content (AvgIpc) is 2.64. The van der Waals surface area contributed by atoms with Crippen LogP contribution in [-0.2, 0) is 6.18 Å². The Morgan fingerprint density at radius 2 is 2.06 bits per heavy atom. The van der Waals surface area contributed by atoms with Gasteiger partial charge in [0.05, 0.1) is 23.6 Å². The van der Waals surface area contributed by atoms with E-state index in [1.807, 2.05) is 0 Å². The molecular weight excluding hydrogens is 221 g/mol. The van der Waals surface area contributed by atoms with Gasteiger partial charge < -0.3 is 5.73 Å². The molecule has 7 heteroatoms. The molecule has 16 heavy (non-hydrogen) atoms. The fraction of sp³-hybridized carbons (Fsp3) is 0.111. The summed E-state index contributed by atoms with van der Waals surface area (Å²) in [5.41, 5.74) is 5.00. The molecule has 0 fully saturated rings. The van der Waals surface area contributed by atoms with Gasteiger partial charge in [-0.25, -0.2) is 9.67 Å². The SMILES string of the molecule is Nc1cnn(-c2cc(C(F)(F)F)ccn2)c1. The first-order valence-corrected chi connectivity index (χ1v) is 4.30. The quantitative estimate of drug-likeness (QED) is 0.810. The lowest BCUT2D eigenvalue weighted by atomic mass is 10.2. The second-order valence-corrected chi connectivity index (χ2v) is 3.12. The van der Waals surface area contributed by atoms with Gasteiger partial charge in [0.1, 0.15) is 0 Å². The van der Waals surface area contributed by atoms with Gasteiger partial charge >= 0.3 is 6.18 Å². The van der Waals surface area contributed by atoms with Crippen molar-refractivity contribution in [1.29, 1.82) is 0 Å². The zero-order valence-corrected chi connectivity index (χ0v) is 7.94. The molecule has 2 rings (SSSR count). The Labute approximate surface area is 88.5 Å². The first kappa shape index (κ1) is 10.5. The molecule has 2 N–H and O–H groups in total. The first-order chi connectivity index (χ1) is 7.47. The van der Waals surface area contributed by atoms with E-state index in [9.17, 15) is 13.2 Å². The Morgan fingerprint density at radius 1 is 1.31 bits per heavy atom. The van der Waals surface area contributed by atoms with Gasteiger partial charge in [0.15, 0.2) is 5.82 Å². The lowest BCUT2D eigenvalue weighted by Crippen LogP contribution is -2.07. The molecule has 0 atom stereocenters. The van der Waals surface area contributed by atoms with E-state index >= 15 is 0 Å². The molecule has 2 aromatic rings. The van der Waals surface area contributed by atoms with Crippen molar-refractivity contribution >= 4 is 5.69 Å². The number of halogens is 3. The third-order valence-electron chi connectivity index (χ3n) is 1.91. The Balaban J connectivity index is 2.44. The summed E-state index contributed by atoms with van der Waals surface area (Å²) in [6.45, 7) is 0. The minimum absolute atomic E-state index is 0.0755. The minimum atomic E-state index is -4.39. The molecular formula is C9H7F3N4. The summed E-state index contributed by atoms with van der Waals surface area (Å²) in [4.78, 5) is 3.78. The van der Waals surface area contributed by atoms with Crippen LogP contribution >= 0.6 is 0 Å². The van der Waals surface area contributed by atoms with Crippen molar-refractivity contribution < 1.29 is 13.2 Å². The van der Waals surface area contributed by atoms with Gasteiger partial charge in [-0.2, -0.15) is 18.3 Å². The summed E-state index contributed by atoms with van der Waals surface area (Å²) >= 11 is 0. The second kappa shape index (κ2) is 3.51. The molecule has 0 aliphatic carbocycles. The highest BCUT2D eigenvalue weighted by Crippen LogP contribution is 2.29. The molecule has 0 spiro atoms. The number of nitrogens with zero attached hydrogens (tertiary/aromatic N) is 3. The van der Waals surface area contributed by atoms with E-state index in [0.29, 0.717) is 5.69 Å². The standard InChI is InChI=1S/C9H7F3N4/c10-9(11,12)6-1-2-14-8(3-6)16-5-7(13)4-15-16/h1-5H,13H2. The van der Waals surface area contributed by atoms with Gasteiger partial charge in [0.2, 0.25) is 0 Å². The van der Waals surface area contributed by atoms with Crippen LogP contribution in [0, 0.1) is 0 Å². The average molecular weight is 228 g/mol. The zero-order valence-electron chi connectivity index (χ0n) is 7.94. The maximum Gasteiger partial charge on any atom is 0.416 e. The molecule has 4 nitrogen and oxygen atoms in total. The molecule has 2 heterocycles. The van der Waals surface area contributed by atoms with Crippen LogP contribution in [0.2, 0.25) is 0 Å². The maximum atomic E-state index is 12.4. The van der Waals surface area contributed by atoms with Crippen LogP contribution in [0.25, 0.3) is 5.82 Å². The van der Waals surface area contributed by atoms with E-state index in [2.05, 4.69) is 10.1 Å². The fourth-order valence-corrected chi connectivity index (χ4v) is 1.18. The molecule has 2 aromatic heterocycles. The number of anilines is 1. The molecule has 0 saturated heterocycles. The van der Waals surface area contributed by atoms with E-state index < -0.39 is 11.7 Å². The van der Waals surface area contributed by atoms with E-state index in [1.165, 1.54) is 17.1 Å². The summed E-state index contributed by atoms with van der Waals surface area (Å²) in [5.74, 6) is 0.0755. The van der Waals surface area contributed by atoms with Crippen LogP contribution in [-0.4, -0.2) is 14.8 Å². The lowest BCUT2D eigenvalue weighted by Gasteiger charge is -2.07. The van der Waals surface area contributed by atoms with Gasteiger partial charge in [-0.15, -0.1) is 0 Å². The maximum absolute atomic E-state index is 12.4. The van der Waals surface area contributed by atoms with Crippen molar-refractivity contribution in [3.63, 3.8) is 0 Å². The minimum Gasteiger partial charge on any atom is -0.396 e. The van der Waals surface area contributed by atoms with Crippen molar-refractivity contribution in [2.75, 3.05) is 5.73 Å². The van der Waals surface area contributed by atoms with E-state index in [1.54, 1.807) is 0 Å². The van der Waals surface area contributed by atoms with Gasteiger partial charge in [-0.05, 0) is 12.1 Å². The van der Waals surface area contributed by atoms with Crippen LogP contribution in [0.1, 0.15) is 5.56 Å². The summed E-state index contributed by atoms with van der Waals surface area (Å²) < 4.78 is 38.4. The molecule has 0 aliphatic heterocycles. The monoisotopic (exact) mass is 228 g/mol. The smallest absolute Gasteiger partial charge is 0.396 e. The number of alkyl halides is 3. The predicted octanol–water partition coefficient (Wildman–Crippen LogP) is 1.87. The van der Waals surface area contributed by atoms with Crippen LogP contribution in [0.3, 0.4) is 0 Å². The van der Waals surface area contributed by atoms with Gasteiger partial charge in [-0.3, -0.25) is 0 Å². The molecule has 0 amide bonds. The van der Waals surface area contributed by atoms with Crippen molar-refractivity contribution in [2.24, 2.45) is 0 Å². The van der Waals surface area contributed by atoms with Crippen LogP contribution in [0.5, 0.6) is 0 Å². The molecule has 0 bridgehead atoms. The van der Waals surface area contributed by atoms with E-state index in [-0.39, 0.29) is 5.82 Å². The van der Waals surface area contributed by atoms with Crippen molar-refractivity contribution in [2.45, 2.75) is 6.18 Å². The van der Waals surface area contributed by atoms with Crippen LogP contribution in [0.4, 0.5) is 18.9 Å². The van der Waals surface area contributed by atoms with Gasteiger partial charge in [0.25, 0.3) is 0 Å². The third-order valence-corrected chi connectivity index (χ3v) is 1.91. The third kappa shape index (κ3) is 1.97. The lowest BCUT2D eigenvalue weighted by molar-refractivity contribution is -0.137. The number of rotatable bonds is 1. The van der Waals surface area contributed by atoms with Gasteiger partial charge in [0, 0.05) is 6.20 Å². The summed E-state index contributed by atoms with van der Waals surface area (Å²) in [6.07, 6.45) is -0.586. The van der Waals surface area contributed by atoms with Gasteiger partial charge in [-0.1, -0.05) is 0 Å². The van der Waals surface area contributed by atoms with Crippen LogP contribution < -0.4 is 5.73 Å². The van der Waals surface area contributed by atoms with Crippen molar-refractivity contribution in [1.82, 2.24) is 14.8 Å². The second-order valence-electron chi connectivity index (χ2n) is 3.12. The van der Waals surface area contributed by atoms with Crippen molar-refractivity contribution in [3.8, 4) is 5.82 Å². The summed E-state index contributed by atoms with van der Waals surface area (Å²) in [7, 11) is 0. The largest absolute Gasteiger partial charge is 0.416 e. The van der Waals surface area contributed by atoms with Crippen LogP contribution in [0.15, 0.2) is 30.7 Å². The Morgan fingerprint density at radius 3 is 2.62 bits per heavy atom.